The number of nitrogens with zero attached hydrogens (tertiary/aromatic N) is 1. The quantitative estimate of drug-likeness (QED) is 0.297. The molecular formula is C7H14N2O3. The molecule has 0 bridgehead atoms. The van der Waals surface area contributed by atoms with E-state index in [-0.39, 0.29) is 6.54 Å². The highest BCUT2D eigenvalue weighted by molar-refractivity contribution is 5.83. The lowest BCUT2D eigenvalue weighted by Gasteiger charge is -1.99. The monoisotopic (exact) mass is 174 g/mol. The molecule has 0 aromatic carbocycles. The zero-order valence-corrected chi connectivity index (χ0v) is 7.37. The Kier molecular flexibility index (Phi) is 6.00. The maximum Gasteiger partial charge on any atom is 0.535 e. The van der Waals surface area contributed by atoms with Crippen molar-refractivity contribution in [2.24, 2.45) is 10.9 Å². The maximum atomic E-state index is 10.6. The summed E-state index contributed by atoms with van der Waals surface area (Å²) in [5.74, 6) is 0. The molecule has 5 heteroatoms. The van der Waals surface area contributed by atoms with Gasteiger partial charge < -0.3 is 10.5 Å². The van der Waals surface area contributed by atoms with Gasteiger partial charge in [-0.05, 0) is 13.3 Å². The Balaban J connectivity index is 3.56. The van der Waals surface area contributed by atoms with Gasteiger partial charge in [-0.2, -0.15) is 0 Å². The van der Waals surface area contributed by atoms with Crippen LogP contribution in [0.15, 0.2) is 5.16 Å². The number of carbonyl (C=O) groups excluding carboxylic acids is 1. The van der Waals surface area contributed by atoms with Gasteiger partial charge in [0.1, 0.15) is 0 Å². The predicted octanol–water partition coefficient (Wildman–Crippen LogP) is 0.884. The van der Waals surface area contributed by atoms with Gasteiger partial charge in [0, 0.05) is 6.54 Å². The zero-order chi connectivity index (χ0) is 9.40. The second-order valence-corrected chi connectivity index (χ2v) is 2.22. The highest BCUT2D eigenvalue weighted by Gasteiger charge is 2.01. The van der Waals surface area contributed by atoms with E-state index >= 15 is 0 Å². The minimum atomic E-state index is -0.787. The van der Waals surface area contributed by atoms with Crippen LogP contribution in [0.4, 0.5) is 4.79 Å². The number of hydrogen-bond acceptors (Lipinski definition) is 5. The summed E-state index contributed by atoms with van der Waals surface area (Å²) in [7, 11) is 0. The number of ether oxygens (including phenoxy) is 1. The van der Waals surface area contributed by atoms with Crippen LogP contribution in [0.1, 0.15) is 20.3 Å². The van der Waals surface area contributed by atoms with Gasteiger partial charge in [-0.1, -0.05) is 12.1 Å². The standard InChI is InChI=1S/C7H14N2O3/c1-3-4-11-7(10)12-9-6(2)5-8/h3-5,8H2,1-2H3. The van der Waals surface area contributed by atoms with Crippen molar-refractivity contribution in [1.82, 2.24) is 0 Å². The first kappa shape index (κ1) is 10.9. The van der Waals surface area contributed by atoms with Crippen LogP contribution in [0.2, 0.25) is 0 Å². The van der Waals surface area contributed by atoms with Crippen LogP contribution in [0, 0.1) is 0 Å². The van der Waals surface area contributed by atoms with Crippen LogP contribution in [0.3, 0.4) is 0 Å². The number of carbonyl (C=O) groups is 1. The number of nitrogens with two attached hydrogens (primary N) is 1. The Morgan fingerprint density at radius 3 is 2.75 bits per heavy atom. The molecule has 12 heavy (non-hydrogen) atoms. The van der Waals surface area contributed by atoms with Crippen molar-refractivity contribution < 1.29 is 14.4 Å². The minimum Gasteiger partial charge on any atom is -0.433 e. The number of rotatable bonds is 4. The Bertz CT molecular complexity index is 168. The maximum absolute atomic E-state index is 10.6. The Morgan fingerprint density at radius 2 is 2.25 bits per heavy atom. The van der Waals surface area contributed by atoms with E-state index < -0.39 is 6.16 Å². The SMILES string of the molecule is CCCOC(=O)ON=C(C)CN. The van der Waals surface area contributed by atoms with Crippen LogP contribution in [0.5, 0.6) is 0 Å². The molecule has 0 aromatic heterocycles. The predicted molar refractivity (Wildman–Crippen MR) is 44.9 cm³/mol. The van der Waals surface area contributed by atoms with E-state index in [1.165, 1.54) is 0 Å². The van der Waals surface area contributed by atoms with Gasteiger partial charge in [-0.25, -0.2) is 4.79 Å². The largest absolute Gasteiger partial charge is 0.535 e. The topological polar surface area (TPSA) is 73.9 Å². The summed E-state index contributed by atoms with van der Waals surface area (Å²) < 4.78 is 4.58. The molecule has 0 aliphatic heterocycles. The molecule has 2 N–H and O–H groups in total. The van der Waals surface area contributed by atoms with Gasteiger partial charge in [-0.15, -0.1) is 0 Å². The van der Waals surface area contributed by atoms with Crippen LogP contribution in [0.25, 0.3) is 0 Å². The van der Waals surface area contributed by atoms with Crippen molar-refractivity contribution >= 4 is 11.9 Å². The van der Waals surface area contributed by atoms with Crippen molar-refractivity contribution in [1.29, 1.82) is 0 Å². The molecule has 0 saturated carbocycles. The summed E-state index contributed by atoms with van der Waals surface area (Å²) in [5.41, 5.74) is 5.74. The van der Waals surface area contributed by atoms with E-state index in [4.69, 9.17) is 5.73 Å². The van der Waals surface area contributed by atoms with E-state index in [1.54, 1.807) is 6.92 Å². The van der Waals surface area contributed by atoms with Crippen LogP contribution < -0.4 is 5.73 Å². The van der Waals surface area contributed by atoms with Crippen molar-refractivity contribution in [2.75, 3.05) is 13.2 Å². The summed E-state index contributed by atoms with van der Waals surface area (Å²) in [6, 6.07) is 0. The summed E-state index contributed by atoms with van der Waals surface area (Å²) in [6.07, 6.45) is -0.0287. The Hall–Kier alpha value is -1.10. The van der Waals surface area contributed by atoms with E-state index in [0.29, 0.717) is 12.3 Å². The average molecular weight is 174 g/mol. The van der Waals surface area contributed by atoms with E-state index in [0.717, 1.165) is 6.42 Å². The van der Waals surface area contributed by atoms with Gasteiger partial charge >= 0.3 is 6.16 Å². The third kappa shape index (κ3) is 5.67. The fourth-order valence-electron chi connectivity index (χ4n) is 0.364. The molecule has 70 valence electrons. The summed E-state index contributed by atoms with van der Waals surface area (Å²) in [6.45, 7) is 4.16. The van der Waals surface area contributed by atoms with Crippen LogP contribution in [-0.2, 0) is 9.57 Å². The molecule has 0 atom stereocenters. The van der Waals surface area contributed by atoms with Crippen LogP contribution >= 0.6 is 0 Å². The lowest BCUT2D eigenvalue weighted by atomic mass is 10.4. The molecule has 0 rings (SSSR count). The highest BCUT2D eigenvalue weighted by Crippen LogP contribution is 1.88. The van der Waals surface area contributed by atoms with Gasteiger partial charge in [0.25, 0.3) is 0 Å². The normalized spacial score (nSPS) is 11.1. The first-order chi connectivity index (χ1) is 5.70. The van der Waals surface area contributed by atoms with E-state index in [1.807, 2.05) is 6.92 Å². The molecule has 0 spiro atoms. The van der Waals surface area contributed by atoms with Crippen molar-refractivity contribution in [3.63, 3.8) is 0 Å². The smallest absolute Gasteiger partial charge is 0.433 e. The second-order valence-electron chi connectivity index (χ2n) is 2.22. The van der Waals surface area contributed by atoms with Crippen LogP contribution in [-0.4, -0.2) is 25.0 Å². The number of oxime groups is 1. The van der Waals surface area contributed by atoms with Gasteiger partial charge in [0.15, 0.2) is 0 Å². The second kappa shape index (κ2) is 6.60. The molecule has 0 fully saturated rings. The van der Waals surface area contributed by atoms with Crippen molar-refractivity contribution in [2.45, 2.75) is 20.3 Å². The number of hydrogen-bond donors (Lipinski definition) is 1. The third-order valence-corrected chi connectivity index (χ3v) is 0.995. The van der Waals surface area contributed by atoms with Gasteiger partial charge in [0.2, 0.25) is 0 Å². The molecule has 0 saturated heterocycles. The Labute approximate surface area is 71.5 Å². The molecule has 0 aliphatic rings. The van der Waals surface area contributed by atoms with Gasteiger partial charge in [-0.3, -0.25) is 4.84 Å². The molecule has 0 aromatic rings. The molecule has 0 amide bonds. The highest BCUT2D eigenvalue weighted by atomic mass is 16.8. The first-order valence-electron chi connectivity index (χ1n) is 3.78. The Morgan fingerprint density at radius 1 is 1.58 bits per heavy atom. The molecule has 0 radical (unpaired) electrons. The first-order valence-corrected chi connectivity index (χ1v) is 3.78. The van der Waals surface area contributed by atoms with E-state index in [2.05, 4.69) is 14.7 Å². The summed E-state index contributed by atoms with van der Waals surface area (Å²) >= 11 is 0. The minimum absolute atomic E-state index is 0.265. The lowest BCUT2D eigenvalue weighted by Crippen LogP contribution is -2.12. The fourth-order valence-corrected chi connectivity index (χ4v) is 0.364. The average Bonchev–Trinajstić information content (AvgIpc) is 2.10. The molecule has 0 unspecified atom stereocenters. The molecular weight excluding hydrogens is 160 g/mol. The van der Waals surface area contributed by atoms with Crippen molar-refractivity contribution in [3.8, 4) is 0 Å². The fraction of sp³-hybridized carbons (Fsp3) is 0.714. The molecule has 0 heterocycles. The van der Waals surface area contributed by atoms with E-state index in [9.17, 15) is 4.79 Å². The molecule has 0 aliphatic carbocycles. The van der Waals surface area contributed by atoms with Gasteiger partial charge in [0.05, 0.1) is 12.3 Å². The third-order valence-electron chi connectivity index (χ3n) is 0.995. The zero-order valence-electron chi connectivity index (χ0n) is 7.37. The summed E-state index contributed by atoms with van der Waals surface area (Å²) in [4.78, 5) is 15.0. The van der Waals surface area contributed by atoms with Crippen molar-refractivity contribution in [3.05, 3.63) is 0 Å². The molecule has 5 nitrogen and oxygen atoms in total. The lowest BCUT2D eigenvalue weighted by molar-refractivity contribution is 0.0574. The summed E-state index contributed by atoms with van der Waals surface area (Å²) in [5, 5.41) is 3.41.